The third kappa shape index (κ3) is 3.76. The van der Waals surface area contributed by atoms with Crippen molar-refractivity contribution >= 4 is 0 Å². The Morgan fingerprint density at radius 2 is 2.00 bits per heavy atom. The van der Waals surface area contributed by atoms with E-state index >= 15 is 0 Å². The maximum absolute atomic E-state index is 6.22. The van der Waals surface area contributed by atoms with Gasteiger partial charge in [-0.05, 0) is 51.5 Å². The van der Waals surface area contributed by atoms with Crippen LogP contribution in [0, 0.1) is 11.8 Å². The summed E-state index contributed by atoms with van der Waals surface area (Å²) in [6.45, 7) is 11.5. The summed E-state index contributed by atoms with van der Waals surface area (Å²) in [5.41, 5.74) is 6.22. The number of rotatable bonds is 4. The molecule has 1 saturated carbocycles. The van der Waals surface area contributed by atoms with Crippen LogP contribution in [0.3, 0.4) is 0 Å². The molecule has 0 aromatic carbocycles. The molecule has 0 spiro atoms. The van der Waals surface area contributed by atoms with E-state index in [0.29, 0.717) is 12.1 Å². The van der Waals surface area contributed by atoms with Crippen LogP contribution in [-0.4, -0.2) is 30.1 Å². The highest BCUT2D eigenvalue weighted by Crippen LogP contribution is 2.28. The van der Waals surface area contributed by atoms with Gasteiger partial charge in [0, 0.05) is 18.6 Å². The fraction of sp³-hybridized carbons (Fsp3) is 1.00. The second kappa shape index (κ2) is 5.86. The Balaban J connectivity index is 2.47. The Labute approximate surface area is 95.2 Å². The molecular formula is C13H28N2. The smallest absolute Gasteiger partial charge is 0.00795 e. The Bertz CT molecular complexity index is 179. The molecule has 2 heteroatoms. The molecule has 2 nitrogen and oxygen atoms in total. The molecule has 1 rings (SSSR count). The lowest BCUT2D eigenvalue weighted by atomic mass is 9.79. The number of nitrogens with zero attached hydrogens (tertiary/aromatic N) is 1. The summed E-state index contributed by atoms with van der Waals surface area (Å²) in [4.78, 5) is 2.54. The van der Waals surface area contributed by atoms with Gasteiger partial charge in [0.1, 0.15) is 0 Å². The summed E-state index contributed by atoms with van der Waals surface area (Å²) in [6, 6.07) is 1.09. The predicted octanol–water partition coefficient (Wildman–Crippen LogP) is 2.48. The average Bonchev–Trinajstić information content (AvgIpc) is 2.18. The lowest BCUT2D eigenvalue weighted by molar-refractivity contribution is 0.142. The lowest BCUT2D eigenvalue weighted by Crippen LogP contribution is -2.44. The zero-order valence-corrected chi connectivity index (χ0v) is 10.9. The van der Waals surface area contributed by atoms with E-state index in [9.17, 15) is 0 Å². The second-order valence-electron chi connectivity index (χ2n) is 5.52. The van der Waals surface area contributed by atoms with Crippen LogP contribution >= 0.6 is 0 Å². The van der Waals surface area contributed by atoms with Gasteiger partial charge in [0.25, 0.3) is 0 Å². The Hall–Kier alpha value is -0.0800. The van der Waals surface area contributed by atoms with Crippen molar-refractivity contribution in [2.75, 3.05) is 13.1 Å². The molecule has 0 aliphatic heterocycles. The monoisotopic (exact) mass is 212 g/mol. The van der Waals surface area contributed by atoms with E-state index in [1.807, 2.05) is 0 Å². The number of hydrogen-bond acceptors (Lipinski definition) is 2. The number of nitrogens with two attached hydrogens (primary N) is 1. The Kier molecular flexibility index (Phi) is 5.07. The largest absolute Gasteiger partial charge is 0.327 e. The fourth-order valence-electron chi connectivity index (χ4n) is 2.74. The van der Waals surface area contributed by atoms with Gasteiger partial charge < -0.3 is 10.6 Å². The zero-order valence-electron chi connectivity index (χ0n) is 10.9. The molecule has 0 saturated heterocycles. The molecule has 0 aromatic rings. The highest BCUT2D eigenvalue weighted by molar-refractivity contribution is 4.83. The first-order chi connectivity index (χ1) is 7.04. The van der Waals surface area contributed by atoms with E-state index in [-0.39, 0.29) is 0 Å². The second-order valence-corrected chi connectivity index (χ2v) is 5.52. The van der Waals surface area contributed by atoms with Crippen LogP contribution in [0.2, 0.25) is 0 Å². The van der Waals surface area contributed by atoms with Crippen molar-refractivity contribution in [3.05, 3.63) is 0 Å². The minimum Gasteiger partial charge on any atom is -0.327 e. The molecule has 3 unspecified atom stereocenters. The maximum atomic E-state index is 6.22. The fourth-order valence-corrected chi connectivity index (χ4v) is 2.74. The molecule has 15 heavy (non-hydrogen) atoms. The summed E-state index contributed by atoms with van der Waals surface area (Å²) >= 11 is 0. The maximum Gasteiger partial charge on any atom is 0.00795 e. The number of hydrogen-bond donors (Lipinski definition) is 1. The minimum absolute atomic E-state index is 0.439. The molecule has 1 aliphatic rings. The molecular weight excluding hydrogens is 184 g/mol. The average molecular weight is 212 g/mol. The van der Waals surface area contributed by atoms with Crippen molar-refractivity contribution in [3.8, 4) is 0 Å². The molecule has 90 valence electrons. The van der Waals surface area contributed by atoms with Gasteiger partial charge in [0.2, 0.25) is 0 Å². The van der Waals surface area contributed by atoms with Crippen molar-refractivity contribution < 1.29 is 0 Å². The standard InChI is InChI=1S/C13H28N2/c1-5-15(10(2)3)9-12-8-11(4)6-7-13(12)14/h10-13H,5-9,14H2,1-4H3. The summed E-state index contributed by atoms with van der Waals surface area (Å²) in [6.07, 6.45) is 3.87. The molecule has 0 heterocycles. The van der Waals surface area contributed by atoms with E-state index in [1.54, 1.807) is 0 Å². The third-order valence-electron chi connectivity index (χ3n) is 3.91. The van der Waals surface area contributed by atoms with Crippen molar-refractivity contribution in [1.82, 2.24) is 4.90 Å². The SMILES string of the molecule is CCN(CC1CC(C)CCC1N)C(C)C. The van der Waals surface area contributed by atoms with Crippen molar-refractivity contribution in [2.24, 2.45) is 17.6 Å². The lowest BCUT2D eigenvalue weighted by Gasteiger charge is -2.37. The van der Waals surface area contributed by atoms with Gasteiger partial charge in [0.15, 0.2) is 0 Å². The van der Waals surface area contributed by atoms with Crippen molar-refractivity contribution in [2.45, 2.75) is 59.0 Å². The molecule has 1 aliphatic carbocycles. The zero-order chi connectivity index (χ0) is 11.4. The molecule has 0 aromatic heterocycles. The molecule has 3 atom stereocenters. The first-order valence-electron chi connectivity index (χ1n) is 6.54. The van der Waals surface area contributed by atoms with Crippen LogP contribution in [-0.2, 0) is 0 Å². The Morgan fingerprint density at radius 1 is 1.33 bits per heavy atom. The summed E-state index contributed by atoms with van der Waals surface area (Å²) in [5.74, 6) is 1.59. The topological polar surface area (TPSA) is 29.3 Å². The Morgan fingerprint density at radius 3 is 2.53 bits per heavy atom. The van der Waals surface area contributed by atoms with Gasteiger partial charge in [-0.1, -0.05) is 13.8 Å². The van der Waals surface area contributed by atoms with E-state index in [4.69, 9.17) is 5.73 Å². The summed E-state index contributed by atoms with van der Waals surface area (Å²) < 4.78 is 0. The third-order valence-corrected chi connectivity index (χ3v) is 3.91. The quantitative estimate of drug-likeness (QED) is 0.776. The van der Waals surface area contributed by atoms with Crippen LogP contribution in [0.5, 0.6) is 0 Å². The van der Waals surface area contributed by atoms with Crippen molar-refractivity contribution in [1.29, 1.82) is 0 Å². The van der Waals surface area contributed by atoms with Crippen LogP contribution in [0.25, 0.3) is 0 Å². The molecule has 0 amide bonds. The highest BCUT2D eigenvalue weighted by atomic mass is 15.1. The predicted molar refractivity (Wildman–Crippen MR) is 66.9 cm³/mol. The van der Waals surface area contributed by atoms with Gasteiger partial charge in [-0.25, -0.2) is 0 Å². The van der Waals surface area contributed by atoms with Gasteiger partial charge in [-0.2, -0.15) is 0 Å². The van der Waals surface area contributed by atoms with E-state index < -0.39 is 0 Å². The normalized spacial score (nSPS) is 32.6. The summed E-state index contributed by atoms with van der Waals surface area (Å²) in [5, 5.41) is 0. The van der Waals surface area contributed by atoms with E-state index in [0.717, 1.165) is 18.4 Å². The van der Waals surface area contributed by atoms with E-state index in [1.165, 1.54) is 25.8 Å². The van der Waals surface area contributed by atoms with Crippen LogP contribution in [0.4, 0.5) is 0 Å². The molecule has 1 fully saturated rings. The minimum atomic E-state index is 0.439. The van der Waals surface area contributed by atoms with Gasteiger partial charge in [0.05, 0.1) is 0 Å². The van der Waals surface area contributed by atoms with E-state index in [2.05, 4.69) is 32.6 Å². The molecule has 0 bridgehead atoms. The van der Waals surface area contributed by atoms with Crippen LogP contribution < -0.4 is 5.73 Å². The van der Waals surface area contributed by atoms with Crippen LogP contribution in [0.1, 0.15) is 47.0 Å². The summed E-state index contributed by atoms with van der Waals surface area (Å²) in [7, 11) is 0. The van der Waals surface area contributed by atoms with Crippen molar-refractivity contribution in [3.63, 3.8) is 0 Å². The van der Waals surface area contributed by atoms with Gasteiger partial charge in [-0.15, -0.1) is 0 Å². The highest BCUT2D eigenvalue weighted by Gasteiger charge is 2.27. The molecule has 2 N–H and O–H groups in total. The van der Waals surface area contributed by atoms with Gasteiger partial charge in [-0.3, -0.25) is 0 Å². The molecule has 0 radical (unpaired) electrons. The van der Waals surface area contributed by atoms with Gasteiger partial charge >= 0.3 is 0 Å². The first-order valence-corrected chi connectivity index (χ1v) is 6.54. The van der Waals surface area contributed by atoms with Crippen LogP contribution in [0.15, 0.2) is 0 Å². The first kappa shape index (κ1) is 13.0.